The van der Waals surface area contributed by atoms with Crippen LogP contribution in [0.4, 0.5) is 0 Å². The average Bonchev–Trinajstić information content (AvgIpc) is 2.84. The fraction of sp³-hybridized carbons (Fsp3) is 0.320. The van der Waals surface area contributed by atoms with Crippen molar-refractivity contribution < 1.29 is 39.3 Å². The SMILES string of the molecule is CC(N)C(=O)NC(Cc1ccccc1)C(=O)NC(Cc1ccc(O)cc1)C(=O)NC(CC(=O)O)C(=O)O. The Balaban J connectivity index is 2.31. The van der Waals surface area contributed by atoms with E-state index in [9.17, 15) is 34.2 Å². The molecule has 2 aromatic rings. The number of amides is 3. The van der Waals surface area contributed by atoms with Crippen LogP contribution in [0.5, 0.6) is 5.75 Å². The van der Waals surface area contributed by atoms with Gasteiger partial charge < -0.3 is 37.0 Å². The van der Waals surface area contributed by atoms with Gasteiger partial charge in [0.25, 0.3) is 0 Å². The molecule has 0 saturated carbocycles. The van der Waals surface area contributed by atoms with Crippen LogP contribution in [0.1, 0.15) is 24.5 Å². The fourth-order valence-corrected chi connectivity index (χ4v) is 3.36. The van der Waals surface area contributed by atoms with Crippen molar-refractivity contribution in [2.24, 2.45) is 5.73 Å². The number of carboxylic acids is 2. The summed E-state index contributed by atoms with van der Waals surface area (Å²) >= 11 is 0. The van der Waals surface area contributed by atoms with Gasteiger partial charge in [0.15, 0.2) is 0 Å². The number of hydrogen-bond acceptors (Lipinski definition) is 7. The summed E-state index contributed by atoms with van der Waals surface area (Å²) in [5.74, 6) is -5.29. The van der Waals surface area contributed by atoms with E-state index in [1.165, 1.54) is 31.2 Å². The first-order chi connectivity index (χ1) is 17.5. The maximum Gasteiger partial charge on any atom is 0.326 e. The molecular weight excluding hydrogens is 484 g/mol. The molecule has 0 fully saturated rings. The first kappa shape index (κ1) is 28.8. The van der Waals surface area contributed by atoms with Crippen LogP contribution < -0.4 is 21.7 Å². The highest BCUT2D eigenvalue weighted by Gasteiger charge is 2.31. The van der Waals surface area contributed by atoms with Crippen molar-refractivity contribution in [1.29, 1.82) is 0 Å². The number of hydrogen-bond donors (Lipinski definition) is 7. The third-order valence-electron chi connectivity index (χ3n) is 5.33. The first-order valence-corrected chi connectivity index (χ1v) is 11.4. The summed E-state index contributed by atoms with van der Waals surface area (Å²) in [5, 5.41) is 35.0. The van der Waals surface area contributed by atoms with E-state index in [4.69, 9.17) is 10.8 Å². The molecule has 0 aromatic heterocycles. The molecule has 12 nitrogen and oxygen atoms in total. The minimum absolute atomic E-state index is 0.0253. The molecule has 8 N–H and O–H groups in total. The summed E-state index contributed by atoms with van der Waals surface area (Å²) in [5.41, 5.74) is 6.87. The number of phenols is 1. The van der Waals surface area contributed by atoms with Crippen molar-refractivity contribution in [1.82, 2.24) is 16.0 Å². The lowest BCUT2D eigenvalue weighted by atomic mass is 10.0. The second-order valence-corrected chi connectivity index (χ2v) is 8.47. The summed E-state index contributed by atoms with van der Waals surface area (Å²) in [7, 11) is 0. The van der Waals surface area contributed by atoms with E-state index in [1.54, 1.807) is 30.3 Å². The van der Waals surface area contributed by atoms with E-state index in [-0.39, 0.29) is 18.6 Å². The second kappa shape index (κ2) is 13.6. The zero-order valence-corrected chi connectivity index (χ0v) is 20.1. The number of rotatable bonds is 13. The van der Waals surface area contributed by atoms with Crippen LogP contribution >= 0.6 is 0 Å². The maximum absolute atomic E-state index is 13.3. The Morgan fingerprint density at radius 3 is 1.65 bits per heavy atom. The molecule has 0 aliphatic heterocycles. The number of nitrogens with one attached hydrogen (secondary N) is 3. The van der Waals surface area contributed by atoms with Gasteiger partial charge in [-0.25, -0.2) is 4.79 Å². The standard InChI is InChI=1S/C25H30N4O8/c1-14(26)22(33)27-18(11-15-5-3-2-4-6-15)23(34)28-19(12-16-7-9-17(30)10-8-16)24(35)29-20(25(36)37)13-21(31)32/h2-10,14,18-20,30H,11-13,26H2,1H3,(H,27,33)(H,28,34)(H,29,35)(H,31,32)(H,36,37). The topological polar surface area (TPSA) is 208 Å². The molecule has 0 bridgehead atoms. The lowest BCUT2D eigenvalue weighted by molar-refractivity contribution is -0.147. The zero-order chi connectivity index (χ0) is 27.5. The molecule has 4 unspecified atom stereocenters. The predicted molar refractivity (Wildman–Crippen MR) is 131 cm³/mol. The number of phenolic OH excluding ortho intramolecular Hbond substituents is 1. The number of nitrogens with two attached hydrogens (primary N) is 1. The van der Waals surface area contributed by atoms with Gasteiger partial charge in [-0.1, -0.05) is 42.5 Å². The molecule has 0 radical (unpaired) electrons. The van der Waals surface area contributed by atoms with Gasteiger partial charge in [0.2, 0.25) is 17.7 Å². The molecule has 37 heavy (non-hydrogen) atoms. The lowest BCUT2D eigenvalue weighted by Crippen LogP contribution is -2.58. The van der Waals surface area contributed by atoms with Gasteiger partial charge in [0, 0.05) is 12.8 Å². The van der Waals surface area contributed by atoms with Crippen molar-refractivity contribution in [2.75, 3.05) is 0 Å². The molecule has 12 heteroatoms. The Bertz CT molecular complexity index is 1110. The van der Waals surface area contributed by atoms with Gasteiger partial charge in [-0.15, -0.1) is 0 Å². The number of carbonyl (C=O) groups excluding carboxylic acids is 3. The van der Waals surface area contributed by atoms with Crippen LogP contribution in [-0.4, -0.2) is 69.1 Å². The highest BCUT2D eigenvalue weighted by atomic mass is 16.4. The molecule has 198 valence electrons. The Hall–Kier alpha value is -4.45. The van der Waals surface area contributed by atoms with Crippen LogP contribution in [0.3, 0.4) is 0 Å². The van der Waals surface area contributed by atoms with Crippen LogP contribution in [-0.2, 0) is 36.8 Å². The fourth-order valence-electron chi connectivity index (χ4n) is 3.36. The average molecular weight is 515 g/mol. The van der Waals surface area contributed by atoms with Gasteiger partial charge in [0.05, 0.1) is 12.5 Å². The van der Waals surface area contributed by atoms with Gasteiger partial charge in [-0.2, -0.15) is 0 Å². The van der Waals surface area contributed by atoms with Crippen molar-refractivity contribution in [3.63, 3.8) is 0 Å². The molecule has 4 atom stereocenters. The predicted octanol–water partition coefficient (Wildman–Crippen LogP) is -0.462. The van der Waals surface area contributed by atoms with Gasteiger partial charge in [-0.05, 0) is 30.2 Å². The van der Waals surface area contributed by atoms with Crippen molar-refractivity contribution in [3.05, 3.63) is 65.7 Å². The van der Waals surface area contributed by atoms with Crippen molar-refractivity contribution in [2.45, 2.75) is 50.4 Å². The smallest absolute Gasteiger partial charge is 0.326 e. The first-order valence-electron chi connectivity index (χ1n) is 11.4. The number of aromatic hydroxyl groups is 1. The molecular formula is C25H30N4O8. The van der Waals surface area contributed by atoms with E-state index in [2.05, 4.69) is 16.0 Å². The van der Waals surface area contributed by atoms with Gasteiger partial charge in [-0.3, -0.25) is 19.2 Å². The van der Waals surface area contributed by atoms with E-state index in [0.29, 0.717) is 5.56 Å². The number of carboxylic acid groups (broad SMARTS) is 2. The van der Waals surface area contributed by atoms with Gasteiger partial charge in [0.1, 0.15) is 23.9 Å². The Morgan fingerprint density at radius 1 is 0.730 bits per heavy atom. The molecule has 2 rings (SSSR count). The van der Waals surface area contributed by atoms with Crippen LogP contribution in [0.2, 0.25) is 0 Å². The van der Waals surface area contributed by atoms with E-state index in [1.807, 2.05) is 0 Å². The molecule has 0 aliphatic rings. The number of aliphatic carboxylic acids is 2. The van der Waals surface area contributed by atoms with Gasteiger partial charge >= 0.3 is 11.9 Å². The van der Waals surface area contributed by atoms with Crippen molar-refractivity contribution >= 4 is 29.7 Å². The van der Waals surface area contributed by atoms with Crippen molar-refractivity contribution in [3.8, 4) is 5.75 Å². The summed E-state index contributed by atoms with van der Waals surface area (Å²) in [4.78, 5) is 61.0. The normalized spacial score (nSPS) is 13.9. The summed E-state index contributed by atoms with van der Waals surface area (Å²) < 4.78 is 0. The maximum atomic E-state index is 13.3. The lowest BCUT2D eigenvalue weighted by Gasteiger charge is -2.25. The number of carbonyl (C=O) groups is 5. The molecule has 2 aromatic carbocycles. The third kappa shape index (κ3) is 9.61. The van der Waals surface area contributed by atoms with E-state index >= 15 is 0 Å². The highest BCUT2D eigenvalue weighted by molar-refractivity contribution is 5.94. The summed E-state index contributed by atoms with van der Waals surface area (Å²) in [6.45, 7) is 1.45. The number of benzene rings is 2. The summed E-state index contributed by atoms with van der Waals surface area (Å²) in [6, 6.07) is 9.47. The zero-order valence-electron chi connectivity index (χ0n) is 20.1. The Morgan fingerprint density at radius 2 is 1.19 bits per heavy atom. The second-order valence-electron chi connectivity index (χ2n) is 8.47. The molecule has 0 heterocycles. The largest absolute Gasteiger partial charge is 0.508 e. The molecule has 0 spiro atoms. The Kier molecular flexibility index (Phi) is 10.6. The summed E-state index contributed by atoms with van der Waals surface area (Å²) in [6.07, 6.45) is -0.909. The quantitative estimate of drug-likeness (QED) is 0.184. The molecule has 0 aliphatic carbocycles. The third-order valence-corrected chi connectivity index (χ3v) is 5.33. The monoisotopic (exact) mass is 514 g/mol. The molecule has 0 saturated heterocycles. The minimum atomic E-state index is -1.73. The Labute approximate surface area is 212 Å². The highest BCUT2D eigenvalue weighted by Crippen LogP contribution is 2.12. The van der Waals surface area contributed by atoms with Crippen LogP contribution in [0.15, 0.2) is 54.6 Å². The van der Waals surface area contributed by atoms with Crippen LogP contribution in [0, 0.1) is 0 Å². The van der Waals surface area contributed by atoms with Crippen LogP contribution in [0.25, 0.3) is 0 Å². The molecule has 3 amide bonds. The van der Waals surface area contributed by atoms with E-state index in [0.717, 1.165) is 5.56 Å². The minimum Gasteiger partial charge on any atom is -0.508 e. The van der Waals surface area contributed by atoms with E-state index < -0.39 is 60.2 Å².